The highest BCUT2D eigenvalue weighted by atomic mass is 16.5. The molecule has 0 aliphatic heterocycles. The molecule has 0 aliphatic rings. The van der Waals surface area contributed by atoms with Crippen LogP contribution in [-0.2, 0) is 4.79 Å². The van der Waals surface area contributed by atoms with Crippen molar-refractivity contribution < 1.29 is 9.53 Å². The standard InChI is InChI=1S/C23H24N4O2/c1-16-4-7-19(8-5-16)26-27-22-14-17(2)6-13-21(22)24-15-23(28)25-18-9-11-20(29-3)12-10-18/h4-14,24H,15H2,1-3H3,(H,25,28). The third-order valence-corrected chi connectivity index (χ3v) is 4.27. The minimum absolute atomic E-state index is 0.113. The molecule has 0 aliphatic carbocycles. The van der Waals surface area contributed by atoms with Gasteiger partial charge >= 0.3 is 0 Å². The molecule has 2 N–H and O–H groups in total. The van der Waals surface area contributed by atoms with Crippen molar-refractivity contribution in [1.82, 2.24) is 0 Å². The third kappa shape index (κ3) is 5.90. The predicted octanol–water partition coefficient (Wildman–Crippen LogP) is 5.78. The quantitative estimate of drug-likeness (QED) is 0.504. The maximum absolute atomic E-state index is 12.3. The molecule has 0 radical (unpaired) electrons. The summed E-state index contributed by atoms with van der Waals surface area (Å²) >= 11 is 0. The van der Waals surface area contributed by atoms with Gasteiger partial charge in [-0.05, 0) is 67.9 Å². The molecule has 3 rings (SSSR count). The Balaban J connectivity index is 1.65. The summed E-state index contributed by atoms with van der Waals surface area (Å²) in [6, 6.07) is 20.8. The molecule has 0 fully saturated rings. The zero-order valence-electron chi connectivity index (χ0n) is 16.8. The molecule has 0 bridgehead atoms. The van der Waals surface area contributed by atoms with E-state index in [1.807, 2.05) is 56.3 Å². The number of ether oxygens (including phenoxy) is 1. The van der Waals surface area contributed by atoms with Crippen LogP contribution in [0.1, 0.15) is 11.1 Å². The summed E-state index contributed by atoms with van der Waals surface area (Å²) in [5.41, 5.74) is 5.15. The van der Waals surface area contributed by atoms with Gasteiger partial charge in [0.15, 0.2) is 0 Å². The van der Waals surface area contributed by atoms with Crippen molar-refractivity contribution in [2.45, 2.75) is 13.8 Å². The van der Waals surface area contributed by atoms with E-state index in [1.54, 1.807) is 31.4 Å². The number of aryl methyl sites for hydroxylation is 2. The number of azo groups is 1. The molecule has 29 heavy (non-hydrogen) atoms. The first-order valence-electron chi connectivity index (χ1n) is 9.30. The predicted molar refractivity (Wildman–Crippen MR) is 117 cm³/mol. The molecule has 3 aromatic rings. The lowest BCUT2D eigenvalue weighted by Crippen LogP contribution is -2.21. The first-order chi connectivity index (χ1) is 14.0. The van der Waals surface area contributed by atoms with Crippen LogP contribution >= 0.6 is 0 Å². The molecule has 0 spiro atoms. The van der Waals surface area contributed by atoms with Crippen LogP contribution in [0.5, 0.6) is 5.75 Å². The Hall–Kier alpha value is -3.67. The summed E-state index contributed by atoms with van der Waals surface area (Å²) in [7, 11) is 1.60. The van der Waals surface area contributed by atoms with Gasteiger partial charge in [0.05, 0.1) is 25.0 Å². The molecular weight excluding hydrogens is 364 g/mol. The molecule has 0 aromatic heterocycles. The van der Waals surface area contributed by atoms with Crippen LogP contribution in [0.15, 0.2) is 77.0 Å². The van der Waals surface area contributed by atoms with Crippen molar-refractivity contribution in [3.05, 3.63) is 77.9 Å². The summed E-state index contributed by atoms with van der Waals surface area (Å²) in [5, 5.41) is 14.7. The first-order valence-corrected chi connectivity index (χ1v) is 9.30. The topological polar surface area (TPSA) is 75.1 Å². The van der Waals surface area contributed by atoms with Gasteiger partial charge < -0.3 is 15.4 Å². The fourth-order valence-corrected chi connectivity index (χ4v) is 2.65. The lowest BCUT2D eigenvalue weighted by molar-refractivity contribution is -0.114. The lowest BCUT2D eigenvalue weighted by atomic mass is 10.2. The SMILES string of the molecule is COc1ccc(NC(=O)CNc2ccc(C)cc2N=Nc2ccc(C)cc2)cc1. The zero-order valence-corrected chi connectivity index (χ0v) is 16.8. The van der Waals surface area contributed by atoms with E-state index >= 15 is 0 Å². The third-order valence-electron chi connectivity index (χ3n) is 4.27. The average Bonchev–Trinajstić information content (AvgIpc) is 2.73. The number of methoxy groups -OCH3 is 1. The minimum Gasteiger partial charge on any atom is -0.497 e. The number of amides is 1. The number of carbonyl (C=O) groups excluding carboxylic acids is 1. The van der Waals surface area contributed by atoms with Crippen LogP contribution in [0, 0.1) is 13.8 Å². The molecule has 148 valence electrons. The molecule has 0 atom stereocenters. The summed E-state index contributed by atoms with van der Waals surface area (Å²) < 4.78 is 5.12. The smallest absolute Gasteiger partial charge is 0.243 e. The van der Waals surface area contributed by atoms with E-state index in [2.05, 4.69) is 20.9 Å². The Kier molecular flexibility index (Phi) is 6.58. The van der Waals surface area contributed by atoms with E-state index in [1.165, 1.54) is 5.56 Å². The molecule has 0 unspecified atom stereocenters. The maximum Gasteiger partial charge on any atom is 0.243 e. The molecule has 0 saturated heterocycles. The average molecular weight is 388 g/mol. The van der Waals surface area contributed by atoms with Gasteiger partial charge in [0.25, 0.3) is 0 Å². The summed E-state index contributed by atoms with van der Waals surface area (Å²) in [6.07, 6.45) is 0. The van der Waals surface area contributed by atoms with Crippen molar-refractivity contribution in [3.8, 4) is 5.75 Å². The Morgan fingerprint density at radius 2 is 1.59 bits per heavy atom. The number of rotatable bonds is 7. The fraction of sp³-hybridized carbons (Fsp3) is 0.174. The Morgan fingerprint density at radius 3 is 2.28 bits per heavy atom. The Bertz CT molecular complexity index is 996. The zero-order chi connectivity index (χ0) is 20.6. The van der Waals surface area contributed by atoms with E-state index in [-0.39, 0.29) is 12.5 Å². The van der Waals surface area contributed by atoms with Crippen molar-refractivity contribution >= 4 is 28.7 Å². The fourth-order valence-electron chi connectivity index (χ4n) is 2.65. The molecule has 6 nitrogen and oxygen atoms in total. The normalized spacial score (nSPS) is 10.7. The van der Waals surface area contributed by atoms with Gasteiger partial charge in [-0.2, -0.15) is 5.11 Å². The van der Waals surface area contributed by atoms with Crippen LogP contribution in [0.3, 0.4) is 0 Å². The number of hydrogen-bond donors (Lipinski definition) is 2. The van der Waals surface area contributed by atoms with Crippen molar-refractivity contribution in [3.63, 3.8) is 0 Å². The van der Waals surface area contributed by atoms with Gasteiger partial charge in [-0.1, -0.05) is 23.8 Å². The Morgan fingerprint density at radius 1 is 0.897 bits per heavy atom. The molecule has 3 aromatic carbocycles. The highest BCUT2D eigenvalue weighted by Crippen LogP contribution is 2.28. The van der Waals surface area contributed by atoms with Gasteiger partial charge in [-0.3, -0.25) is 4.79 Å². The van der Waals surface area contributed by atoms with E-state index < -0.39 is 0 Å². The number of carbonyl (C=O) groups is 1. The first kappa shape index (κ1) is 20.1. The molecule has 0 saturated carbocycles. The summed E-state index contributed by atoms with van der Waals surface area (Å²) in [5.74, 6) is 0.585. The van der Waals surface area contributed by atoms with Gasteiger partial charge in [-0.15, -0.1) is 5.11 Å². The van der Waals surface area contributed by atoms with E-state index in [4.69, 9.17) is 4.74 Å². The summed E-state index contributed by atoms with van der Waals surface area (Å²) in [6.45, 7) is 4.13. The molecular formula is C23H24N4O2. The second-order valence-electron chi connectivity index (χ2n) is 6.69. The van der Waals surface area contributed by atoms with Crippen LogP contribution < -0.4 is 15.4 Å². The van der Waals surface area contributed by atoms with Crippen LogP contribution in [0.25, 0.3) is 0 Å². The van der Waals surface area contributed by atoms with Crippen LogP contribution in [0.2, 0.25) is 0 Å². The van der Waals surface area contributed by atoms with E-state index in [0.717, 1.165) is 22.7 Å². The highest BCUT2D eigenvalue weighted by Gasteiger charge is 2.06. The molecule has 1 amide bonds. The van der Waals surface area contributed by atoms with Crippen LogP contribution in [0.4, 0.5) is 22.7 Å². The van der Waals surface area contributed by atoms with E-state index in [9.17, 15) is 4.79 Å². The number of hydrogen-bond acceptors (Lipinski definition) is 5. The monoisotopic (exact) mass is 388 g/mol. The second-order valence-corrected chi connectivity index (χ2v) is 6.69. The van der Waals surface area contributed by atoms with Crippen molar-refractivity contribution in [1.29, 1.82) is 0 Å². The van der Waals surface area contributed by atoms with Crippen molar-refractivity contribution in [2.75, 3.05) is 24.3 Å². The van der Waals surface area contributed by atoms with Crippen molar-refractivity contribution in [2.24, 2.45) is 10.2 Å². The molecule has 0 heterocycles. The number of nitrogens with one attached hydrogen (secondary N) is 2. The summed E-state index contributed by atoms with van der Waals surface area (Å²) in [4.78, 5) is 12.3. The number of benzene rings is 3. The Labute approximate surface area is 170 Å². The second kappa shape index (κ2) is 9.50. The molecule has 6 heteroatoms. The van der Waals surface area contributed by atoms with Gasteiger partial charge in [0.1, 0.15) is 11.4 Å². The number of nitrogens with zero attached hydrogens (tertiary/aromatic N) is 2. The van der Waals surface area contributed by atoms with Crippen LogP contribution in [-0.4, -0.2) is 19.6 Å². The van der Waals surface area contributed by atoms with E-state index in [0.29, 0.717) is 11.4 Å². The minimum atomic E-state index is -0.155. The van der Waals surface area contributed by atoms with Gasteiger partial charge in [-0.25, -0.2) is 0 Å². The lowest BCUT2D eigenvalue weighted by Gasteiger charge is -2.10. The van der Waals surface area contributed by atoms with Gasteiger partial charge in [0.2, 0.25) is 5.91 Å². The maximum atomic E-state index is 12.3. The highest BCUT2D eigenvalue weighted by molar-refractivity contribution is 5.94. The van der Waals surface area contributed by atoms with Gasteiger partial charge in [0, 0.05) is 5.69 Å². The largest absolute Gasteiger partial charge is 0.497 e. The number of anilines is 2.